The third-order valence-corrected chi connectivity index (χ3v) is 6.45. The van der Waals surface area contributed by atoms with Gasteiger partial charge >= 0.3 is 12.2 Å². The Morgan fingerprint density at radius 2 is 1.72 bits per heavy atom. The molecule has 3 heterocycles. The number of nitrogens with one attached hydrogen (secondary N) is 2. The van der Waals surface area contributed by atoms with Gasteiger partial charge in [-0.3, -0.25) is 0 Å². The molecular formula is C27H25F3N8O. The molecule has 200 valence electrons. The lowest BCUT2D eigenvalue weighted by molar-refractivity contribution is -0.137. The van der Waals surface area contributed by atoms with Crippen molar-refractivity contribution < 1.29 is 18.0 Å². The molecule has 0 atom stereocenters. The van der Waals surface area contributed by atoms with Crippen molar-refractivity contribution in [3.05, 3.63) is 71.7 Å². The standard InChI is InChI=1S/C27H25F3N8O/c1-37-12-10-21(11-13-37)38-25-23(24(31)32-16-33-25)22(36-38)9-8-17-4-2-6-19(14-17)34-26(39)35-20-7-3-5-18(15-20)27(28,29)30/h2-7,14-16,21H,10-13H2,1H3,(H2,31,32,33)(H2,34,35,39). The number of nitrogen functional groups attached to an aromatic ring is 1. The summed E-state index contributed by atoms with van der Waals surface area (Å²) in [5.74, 6) is 6.41. The van der Waals surface area contributed by atoms with Crippen LogP contribution in [0.2, 0.25) is 0 Å². The smallest absolute Gasteiger partial charge is 0.383 e. The van der Waals surface area contributed by atoms with E-state index in [0.29, 0.717) is 33.8 Å². The van der Waals surface area contributed by atoms with E-state index in [1.54, 1.807) is 24.3 Å². The third-order valence-electron chi connectivity index (χ3n) is 6.45. The van der Waals surface area contributed by atoms with Crippen LogP contribution in [0.15, 0.2) is 54.9 Å². The largest absolute Gasteiger partial charge is 0.416 e. The summed E-state index contributed by atoms with van der Waals surface area (Å²) < 4.78 is 40.7. The van der Waals surface area contributed by atoms with Gasteiger partial charge in [-0.2, -0.15) is 18.3 Å². The highest BCUT2D eigenvalue weighted by atomic mass is 19.4. The van der Waals surface area contributed by atoms with Crippen molar-refractivity contribution in [2.45, 2.75) is 25.1 Å². The summed E-state index contributed by atoms with van der Waals surface area (Å²) in [6.07, 6.45) is -1.23. The Hall–Kier alpha value is -4.63. The molecule has 12 heteroatoms. The van der Waals surface area contributed by atoms with E-state index in [2.05, 4.69) is 44.4 Å². The van der Waals surface area contributed by atoms with Gasteiger partial charge in [-0.05, 0) is 75.3 Å². The maximum atomic E-state index is 12.9. The molecule has 1 aliphatic heterocycles. The number of nitrogens with two attached hydrogens (primary N) is 1. The molecule has 0 radical (unpaired) electrons. The van der Waals surface area contributed by atoms with E-state index in [4.69, 9.17) is 10.8 Å². The van der Waals surface area contributed by atoms with E-state index in [0.717, 1.165) is 38.1 Å². The first-order valence-electron chi connectivity index (χ1n) is 12.2. The third kappa shape index (κ3) is 5.94. The average Bonchev–Trinajstić information content (AvgIpc) is 3.28. The number of piperidine rings is 1. The molecule has 1 fully saturated rings. The Kier molecular flexibility index (Phi) is 7.08. The number of rotatable bonds is 3. The number of likely N-dealkylation sites (tertiary alicyclic amines) is 1. The predicted molar refractivity (Wildman–Crippen MR) is 142 cm³/mol. The van der Waals surface area contributed by atoms with Gasteiger partial charge in [0.2, 0.25) is 0 Å². The molecular weight excluding hydrogens is 509 g/mol. The van der Waals surface area contributed by atoms with Crippen molar-refractivity contribution in [3.63, 3.8) is 0 Å². The predicted octanol–water partition coefficient (Wildman–Crippen LogP) is 4.74. The van der Waals surface area contributed by atoms with E-state index in [1.807, 2.05) is 4.68 Å². The van der Waals surface area contributed by atoms with Gasteiger partial charge in [-0.25, -0.2) is 19.4 Å². The number of nitrogens with zero attached hydrogens (tertiary/aromatic N) is 5. The Labute approximate surface area is 222 Å². The second kappa shape index (κ2) is 10.6. The van der Waals surface area contributed by atoms with Crippen LogP contribution in [-0.4, -0.2) is 50.8 Å². The van der Waals surface area contributed by atoms with Crippen molar-refractivity contribution in [2.75, 3.05) is 36.5 Å². The van der Waals surface area contributed by atoms with Gasteiger partial charge in [-0.15, -0.1) is 0 Å². The molecule has 0 aliphatic carbocycles. The van der Waals surface area contributed by atoms with Gasteiger partial charge in [0.1, 0.15) is 17.8 Å². The van der Waals surface area contributed by atoms with Crippen molar-refractivity contribution in [3.8, 4) is 11.8 Å². The summed E-state index contributed by atoms with van der Waals surface area (Å²) in [4.78, 5) is 23.2. The molecule has 39 heavy (non-hydrogen) atoms. The molecule has 2 aromatic heterocycles. The first-order valence-corrected chi connectivity index (χ1v) is 12.2. The fourth-order valence-electron chi connectivity index (χ4n) is 4.45. The number of carbonyl (C=O) groups excluding carboxylic acids is 1. The maximum Gasteiger partial charge on any atom is 0.416 e. The first-order chi connectivity index (χ1) is 18.7. The molecule has 4 aromatic rings. The number of hydrogen-bond acceptors (Lipinski definition) is 6. The molecule has 2 aromatic carbocycles. The summed E-state index contributed by atoms with van der Waals surface area (Å²) in [6, 6.07) is 10.7. The van der Waals surface area contributed by atoms with Crippen molar-refractivity contribution in [2.24, 2.45) is 0 Å². The summed E-state index contributed by atoms with van der Waals surface area (Å²) in [6.45, 7) is 1.91. The zero-order valence-corrected chi connectivity index (χ0v) is 21.0. The average molecular weight is 535 g/mol. The number of aromatic nitrogens is 4. The number of amides is 2. The molecule has 2 amide bonds. The number of halogens is 3. The topological polar surface area (TPSA) is 114 Å². The van der Waals surface area contributed by atoms with E-state index < -0.39 is 17.8 Å². The van der Waals surface area contributed by atoms with E-state index in [9.17, 15) is 18.0 Å². The lowest BCUT2D eigenvalue weighted by Gasteiger charge is -2.29. The minimum Gasteiger partial charge on any atom is -0.383 e. The van der Waals surface area contributed by atoms with Crippen LogP contribution in [0, 0.1) is 11.8 Å². The van der Waals surface area contributed by atoms with E-state index in [-0.39, 0.29) is 11.7 Å². The highest BCUT2D eigenvalue weighted by Gasteiger charge is 2.30. The van der Waals surface area contributed by atoms with Gasteiger partial charge in [0.05, 0.1) is 17.0 Å². The summed E-state index contributed by atoms with van der Waals surface area (Å²) in [5, 5.41) is 10.4. The molecule has 9 nitrogen and oxygen atoms in total. The van der Waals surface area contributed by atoms with Crippen LogP contribution in [0.5, 0.6) is 0 Å². The SMILES string of the molecule is CN1CCC(n2nc(C#Cc3cccc(NC(=O)Nc4cccc(C(F)(F)F)c4)c3)c3c(N)ncnc32)CC1. The number of benzene rings is 2. The van der Waals surface area contributed by atoms with Crippen LogP contribution in [-0.2, 0) is 6.18 Å². The van der Waals surface area contributed by atoms with Gasteiger partial charge < -0.3 is 21.3 Å². The number of anilines is 3. The van der Waals surface area contributed by atoms with Crippen LogP contribution in [0.3, 0.4) is 0 Å². The van der Waals surface area contributed by atoms with Crippen LogP contribution < -0.4 is 16.4 Å². The molecule has 1 saturated heterocycles. The van der Waals surface area contributed by atoms with Gasteiger partial charge in [0.25, 0.3) is 0 Å². The lowest BCUT2D eigenvalue weighted by atomic mass is 10.1. The van der Waals surface area contributed by atoms with Crippen LogP contribution >= 0.6 is 0 Å². The fraction of sp³-hybridized carbons (Fsp3) is 0.259. The minimum atomic E-state index is -4.51. The zero-order chi connectivity index (χ0) is 27.6. The second-order valence-electron chi connectivity index (χ2n) is 9.27. The van der Waals surface area contributed by atoms with Crippen LogP contribution in [0.25, 0.3) is 11.0 Å². The lowest BCUT2D eigenvalue weighted by Crippen LogP contribution is -2.32. The first kappa shape index (κ1) is 26.0. The highest BCUT2D eigenvalue weighted by Crippen LogP contribution is 2.31. The van der Waals surface area contributed by atoms with Crippen molar-refractivity contribution in [1.82, 2.24) is 24.6 Å². The van der Waals surface area contributed by atoms with Crippen LogP contribution in [0.1, 0.15) is 35.7 Å². The Bertz CT molecular complexity index is 1580. The molecule has 4 N–H and O–H groups in total. The molecule has 5 rings (SSSR count). The number of hydrogen-bond donors (Lipinski definition) is 3. The molecule has 0 unspecified atom stereocenters. The van der Waals surface area contributed by atoms with Gasteiger partial charge in [-0.1, -0.05) is 18.1 Å². The molecule has 0 bridgehead atoms. The van der Waals surface area contributed by atoms with Crippen LogP contribution in [0.4, 0.5) is 35.2 Å². The zero-order valence-electron chi connectivity index (χ0n) is 21.0. The fourth-order valence-corrected chi connectivity index (χ4v) is 4.45. The summed E-state index contributed by atoms with van der Waals surface area (Å²) in [7, 11) is 2.09. The van der Waals surface area contributed by atoms with E-state index in [1.165, 1.54) is 18.5 Å². The molecule has 0 saturated carbocycles. The minimum absolute atomic E-state index is 0.0187. The Balaban J connectivity index is 1.35. The normalized spacial score (nSPS) is 14.6. The van der Waals surface area contributed by atoms with Gasteiger partial charge in [0, 0.05) is 16.9 Å². The monoisotopic (exact) mass is 534 g/mol. The molecule has 0 spiro atoms. The maximum absolute atomic E-state index is 12.9. The van der Waals surface area contributed by atoms with Crippen molar-refractivity contribution >= 4 is 34.3 Å². The number of fused-ring (bicyclic) bond motifs is 1. The molecule has 1 aliphatic rings. The highest BCUT2D eigenvalue weighted by molar-refractivity contribution is 6.00. The van der Waals surface area contributed by atoms with Gasteiger partial charge in [0.15, 0.2) is 5.65 Å². The Morgan fingerprint density at radius 3 is 2.44 bits per heavy atom. The number of carbonyl (C=O) groups is 1. The number of alkyl halides is 3. The second-order valence-corrected chi connectivity index (χ2v) is 9.27. The van der Waals surface area contributed by atoms with Crippen molar-refractivity contribution in [1.29, 1.82) is 0 Å². The van der Waals surface area contributed by atoms with E-state index >= 15 is 0 Å². The quantitative estimate of drug-likeness (QED) is 0.327. The number of urea groups is 1. The summed E-state index contributed by atoms with van der Waals surface area (Å²) >= 11 is 0. The Morgan fingerprint density at radius 1 is 1.03 bits per heavy atom. The summed E-state index contributed by atoms with van der Waals surface area (Å²) in [5.41, 5.74) is 7.44.